The van der Waals surface area contributed by atoms with E-state index in [0.717, 1.165) is 18.2 Å². The first-order chi connectivity index (χ1) is 6.18. The van der Waals surface area contributed by atoms with Gasteiger partial charge in [-0.3, -0.25) is 0 Å². The maximum atomic E-state index is 5.49. The van der Waals surface area contributed by atoms with Crippen molar-refractivity contribution in [3.63, 3.8) is 0 Å². The molecule has 0 amide bonds. The third-order valence-corrected chi connectivity index (χ3v) is 2.54. The van der Waals surface area contributed by atoms with E-state index in [1.807, 2.05) is 11.6 Å². The van der Waals surface area contributed by atoms with E-state index in [4.69, 9.17) is 18.0 Å². The Kier molecular flexibility index (Phi) is 2.03. The molecule has 0 radical (unpaired) electrons. The molecule has 5 heteroatoms. The van der Waals surface area contributed by atoms with Crippen LogP contribution < -0.4 is 5.73 Å². The largest absolute Gasteiger partial charge is 0.388 e. The Morgan fingerprint density at radius 2 is 2.38 bits per heavy atom. The lowest BCUT2D eigenvalue weighted by molar-refractivity contribution is 0.532. The van der Waals surface area contributed by atoms with Crippen LogP contribution in [0.2, 0.25) is 0 Å². The third kappa shape index (κ3) is 1.70. The lowest BCUT2D eigenvalue weighted by Gasteiger charge is -2.00. The van der Waals surface area contributed by atoms with Crippen molar-refractivity contribution in [3.8, 4) is 0 Å². The van der Waals surface area contributed by atoms with Crippen LogP contribution in [0.3, 0.4) is 0 Å². The predicted molar refractivity (Wildman–Crippen MR) is 53.4 cm³/mol. The highest BCUT2D eigenvalue weighted by molar-refractivity contribution is 7.80. The molecule has 0 saturated heterocycles. The first kappa shape index (κ1) is 8.62. The monoisotopic (exact) mass is 196 g/mol. The lowest BCUT2D eigenvalue weighted by atomic mass is 10.3. The van der Waals surface area contributed by atoms with Gasteiger partial charge in [0.05, 0.1) is 5.69 Å². The molecule has 0 spiro atoms. The molecular formula is C8H12N4S. The summed E-state index contributed by atoms with van der Waals surface area (Å²) in [6.07, 6.45) is 2.61. The van der Waals surface area contributed by atoms with Gasteiger partial charge in [-0.1, -0.05) is 17.4 Å². The number of nitrogens with two attached hydrogens (primary N) is 1. The Hall–Kier alpha value is -0.970. The first-order valence-corrected chi connectivity index (χ1v) is 4.79. The summed E-state index contributed by atoms with van der Waals surface area (Å²) in [5, 5.41) is 7.96. The van der Waals surface area contributed by atoms with Crippen LogP contribution in [0.5, 0.6) is 0 Å². The molecule has 0 bridgehead atoms. The summed E-state index contributed by atoms with van der Waals surface area (Å²) in [7, 11) is 0. The van der Waals surface area contributed by atoms with Crippen LogP contribution in [0.4, 0.5) is 0 Å². The van der Waals surface area contributed by atoms with Crippen molar-refractivity contribution in [1.82, 2.24) is 15.0 Å². The molecule has 2 N–H and O–H groups in total. The molecule has 13 heavy (non-hydrogen) atoms. The minimum Gasteiger partial charge on any atom is -0.388 e. The van der Waals surface area contributed by atoms with Crippen molar-refractivity contribution in [2.45, 2.75) is 26.3 Å². The van der Waals surface area contributed by atoms with Gasteiger partial charge in [-0.05, 0) is 25.7 Å². The molecule has 1 saturated carbocycles. The zero-order valence-corrected chi connectivity index (χ0v) is 8.34. The summed E-state index contributed by atoms with van der Waals surface area (Å²) in [4.78, 5) is 0.333. The average Bonchev–Trinajstić information content (AvgIpc) is 2.78. The summed E-state index contributed by atoms with van der Waals surface area (Å²) in [5.41, 5.74) is 7.14. The number of hydrogen-bond acceptors (Lipinski definition) is 3. The standard InChI is InChI=1S/C8H12N4S/c1-5-7(8(9)13)10-11-12(5)4-6-2-3-6/h6H,2-4H2,1H3,(H2,9,13). The van der Waals surface area contributed by atoms with Crippen LogP contribution in [0.15, 0.2) is 0 Å². The van der Waals surface area contributed by atoms with Gasteiger partial charge in [-0.2, -0.15) is 0 Å². The van der Waals surface area contributed by atoms with Crippen LogP contribution in [0, 0.1) is 12.8 Å². The molecule has 70 valence electrons. The summed E-state index contributed by atoms with van der Waals surface area (Å²) >= 11 is 4.85. The maximum absolute atomic E-state index is 5.49. The molecule has 0 aromatic carbocycles. The van der Waals surface area contributed by atoms with Crippen LogP contribution in [0.1, 0.15) is 24.2 Å². The summed E-state index contributed by atoms with van der Waals surface area (Å²) < 4.78 is 1.90. The van der Waals surface area contributed by atoms with Gasteiger partial charge in [0.15, 0.2) is 0 Å². The van der Waals surface area contributed by atoms with Gasteiger partial charge < -0.3 is 5.73 Å². The number of hydrogen-bond donors (Lipinski definition) is 1. The van der Waals surface area contributed by atoms with Gasteiger partial charge in [0.2, 0.25) is 0 Å². The fraction of sp³-hybridized carbons (Fsp3) is 0.625. The van der Waals surface area contributed by atoms with Crippen LogP contribution in [-0.2, 0) is 6.54 Å². The van der Waals surface area contributed by atoms with E-state index in [2.05, 4.69) is 10.3 Å². The molecule has 2 rings (SSSR count). The molecule has 1 aromatic heterocycles. The molecule has 1 aliphatic carbocycles. The quantitative estimate of drug-likeness (QED) is 0.720. The molecule has 1 aromatic rings. The average molecular weight is 196 g/mol. The topological polar surface area (TPSA) is 56.7 Å². The van der Waals surface area contributed by atoms with Gasteiger partial charge in [0.1, 0.15) is 10.7 Å². The number of nitrogens with zero attached hydrogens (tertiary/aromatic N) is 3. The predicted octanol–water partition coefficient (Wildman–Crippen LogP) is 0.631. The van der Waals surface area contributed by atoms with E-state index in [-0.39, 0.29) is 0 Å². The highest BCUT2D eigenvalue weighted by atomic mass is 32.1. The van der Waals surface area contributed by atoms with Crippen molar-refractivity contribution in [2.75, 3.05) is 0 Å². The zero-order chi connectivity index (χ0) is 9.42. The molecule has 1 aliphatic rings. The van der Waals surface area contributed by atoms with E-state index >= 15 is 0 Å². The molecule has 0 unspecified atom stereocenters. The van der Waals surface area contributed by atoms with Crippen molar-refractivity contribution < 1.29 is 0 Å². The lowest BCUT2D eigenvalue weighted by Crippen LogP contribution is -2.12. The van der Waals surface area contributed by atoms with Gasteiger partial charge in [-0.15, -0.1) is 5.10 Å². The van der Waals surface area contributed by atoms with Crippen molar-refractivity contribution in [2.24, 2.45) is 11.7 Å². The summed E-state index contributed by atoms with van der Waals surface area (Å²) in [6, 6.07) is 0. The highest BCUT2D eigenvalue weighted by Gasteiger charge is 2.23. The minimum atomic E-state index is 0.333. The van der Waals surface area contributed by atoms with Crippen molar-refractivity contribution in [1.29, 1.82) is 0 Å². The SMILES string of the molecule is Cc1c(C(N)=S)nnn1CC1CC1. The second-order valence-corrected chi connectivity index (χ2v) is 3.95. The Balaban J connectivity index is 2.21. The second kappa shape index (κ2) is 3.06. The fourth-order valence-corrected chi connectivity index (χ4v) is 1.49. The number of thiocarbonyl (C=S) groups is 1. The summed E-state index contributed by atoms with van der Waals surface area (Å²) in [5.74, 6) is 0.791. The van der Waals surface area contributed by atoms with E-state index in [0.29, 0.717) is 10.7 Å². The Labute approximate surface area is 82.1 Å². The zero-order valence-electron chi connectivity index (χ0n) is 7.53. The number of rotatable bonds is 3. The van der Waals surface area contributed by atoms with Crippen molar-refractivity contribution in [3.05, 3.63) is 11.4 Å². The van der Waals surface area contributed by atoms with Crippen LogP contribution in [0.25, 0.3) is 0 Å². The van der Waals surface area contributed by atoms with Crippen LogP contribution in [-0.4, -0.2) is 20.0 Å². The Morgan fingerprint density at radius 1 is 1.69 bits per heavy atom. The molecule has 0 atom stereocenters. The van der Waals surface area contributed by atoms with E-state index < -0.39 is 0 Å². The van der Waals surface area contributed by atoms with Crippen molar-refractivity contribution >= 4 is 17.2 Å². The summed E-state index contributed by atoms with van der Waals surface area (Å²) in [6.45, 7) is 2.92. The smallest absolute Gasteiger partial charge is 0.142 e. The molecule has 1 fully saturated rings. The fourth-order valence-electron chi connectivity index (χ4n) is 1.31. The van der Waals surface area contributed by atoms with E-state index in [1.54, 1.807) is 0 Å². The molecular weight excluding hydrogens is 184 g/mol. The van der Waals surface area contributed by atoms with Crippen LogP contribution >= 0.6 is 12.2 Å². The maximum Gasteiger partial charge on any atom is 0.142 e. The molecule has 4 nitrogen and oxygen atoms in total. The third-order valence-electron chi connectivity index (χ3n) is 2.34. The number of aromatic nitrogens is 3. The van der Waals surface area contributed by atoms with Gasteiger partial charge in [-0.25, -0.2) is 4.68 Å². The van der Waals surface area contributed by atoms with E-state index in [1.165, 1.54) is 12.8 Å². The second-order valence-electron chi connectivity index (χ2n) is 3.51. The Morgan fingerprint density at radius 3 is 2.85 bits per heavy atom. The van der Waals surface area contributed by atoms with Gasteiger partial charge in [0, 0.05) is 6.54 Å². The first-order valence-electron chi connectivity index (χ1n) is 4.38. The molecule has 1 heterocycles. The normalized spacial score (nSPS) is 16.1. The molecule has 0 aliphatic heterocycles. The minimum absolute atomic E-state index is 0.333. The van der Waals surface area contributed by atoms with Gasteiger partial charge in [0.25, 0.3) is 0 Å². The highest BCUT2D eigenvalue weighted by Crippen LogP contribution is 2.30. The van der Waals surface area contributed by atoms with Gasteiger partial charge >= 0.3 is 0 Å². The van der Waals surface area contributed by atoms with E-state index in [9.17, 15) is 0 Å². The Bertz CT molecular complexity index is 340.